The van der Waals surface area contributed by atoms with E-state index in [1.807, 2.05) is 24.3 Å². The minimum absolute atomic E-state index is 0.155. The summed E-state index contributed by atoms with van der Waals surface area (Å²) in [6, 6.07) is 7.69. The Morgan fingerprint density at radius 2 is 1.89 bits per heavy atom. The number of esters is 2. The van der Waals surface area contributed by atoms with Gasteiger partial charge in [0.05, 0.1) is 12.2 Å². The van der Waals surface area contributed by atoms with E-state index in [-0.39, 0.29) is 18.2 Å². The van der Waals surface area contributed by atoms with Crippen molar-refractivity contribution in [2.75, 3.05) is 18.1 Å². The maximum absolute atomic E-state index is 12.8. The summed E-state index contributed by atoms with van der Waals surface area (Å²) >= 11 is 0. The second-order valence-corrected chi connectivity index (χ2v) is 6.76. The van der Waals surface area contributed by atoms with Crippen LogP contribution in [0.5, 0.6) is 0 Å². The van der Waals surface area contributed by atoms with Crippen LogP contribution in [0.25, 0.3) is 0 Å². The van der Waals surface area contributed by atoms with Gasteiger partial charge in [-0.25, -0.2) is 9.59 Å². The number of hydrogen-bond donors (Lipinski definition) is 1. The first kappa shape index (κ1) is 19.7. The van der Waals surface area contributed by atoms with E-state index in [2.05, 4.69) is 4.98 Å². The first-order valence-electron chi connectivity index (χ1n) is 9.31. The van der Waals surface area contributed by atoms with Gasteiger partial charge >= 0.3 is 11.9 Å². The molecular formula is C21H24N2O5. The Morgan fingerprint density at radius 3 is 2.61 bits per heavy atom. The lowest BCUT2D eigenvalue weighted by molar-refractivity contribution is -0.126. The average molecular weight is 384 g/mol. The van der Waals surface area contributed by atoms with Crippen LogP contribution in [0.2, 0.25) is 0 Å². The van der Waals surface area contributed by atoms with E-state index in [0.29, 0.717) is 23.4 Å². The molecule has 0 fully saturated rings. The zero-order valence-corrected chi connectivity index (χ0v) is 16.5. The molecule has 2 heterocycles. The van der Waals surface area contributed by atoms with E-state index in [0.717, 1.165) is 17.7 Å². The summed E-state index contributed by atoms with van der Waals surface area (Å²) in [5.74, 6) is -1.44. The third-order valence-corrected chi connectivity index (χ3v) is 4.91. The number of nitrogens with zero attached hydrogens (tertiary/aromatic N) is 1. The second kappa shape index (κ2) is 7.88. The molecule has 0 radical (unpaired) electrons. The molecule has 1 atom stereocenters. The van der Waals surface area contributed by atoms with Crippen LogP contribution >= 0.6 is 0 Å². The Bertz CT molecular complexity index is 931. The Morgan fingerprint density at radius 1 is 1.18 bits per heavy atom. The summed E-state index contributed by atoms with van der Waals surface area (Å²) in [6.07, 6.45) is -0.173. The number of rotatable bonds is 5. The average Bonchev–Trinajstić information content (AvgIpc) is 3.22. The molecule has 0 unspecified atom stereocenters. The summed E-state index contributed by atoms with van der Waals surface area (Å²) in [7, 11) is 0. The van der Waals surface area contributed by atoms with Gasteiger partial charge in [-0.3, -0.25) is 4.79 Å². The van der Waals surface area contributed by atoms with Crippen molar-refractivity contribution in [2.45, 2.75) is 40.2 Å². The first-order valence-corrected chi connectivity index (χ1v) is 9.31. The van der Waals surface area contributed by atoms with E-state index < -0.39 is 18.0 Å². The molecule has 1 aromatic heterocycles. The molecule has 148 valence electrons. The van der Waals surface area contributed by atoms with Gasteiger partial charge in [-0.05, 0) is 51.3 Å². The molecule has 0 bridgehead atoms. The van der Waals surface area contributed by atoms with Gasteiger partial charge < -0.3 is 19.4 Å². The van der Waals surface area contributed by atoms with Crippen molar-refractivity contribution in [3.8, 4) is 0 Å². The molecule has 1 N–H and O–H groups in total. The number of carbonyl (C=O) groups is 3. The topological polar surface area (TPSA) is 88.7 Å². The number of H-pyrrole nitrogens is 1. The number of nitrogens with one attached hydrogen (secondary N) is 1. The lowest BCUT2D eigenvalue weighted by atomic mass is 10.1. The number of aromatic nitrogens is 1. The normalized spacial score (nSPS) is 13.8. The number of para-hydroxylation sites is 1. The van der Waals surface area contributed by atoms with E-state index >= 15 is 0 Å². The highest BCUT2D eigenvalue weighted by molar-refractivity contribution is 6.02. The van der Waals surface area contributed by atoms with Crippen molar-refractivity contribution in [1.82, 2.24) is 4.98 Å². The molecule has 7 heteroatoms. The molecule has 1 aliphatic heterocycles. The number of aryl methyl sites for hydroxylation is 1. The molecular weight excluding hydrogens is 360 g/mol. The molecule has 7 nitrogen and oxygen atoms in total. The predicted octanol–water partition coefficient (Wildman–Crippen LogP) is 2.94. The fourth-order valence-corrected chi connectivity index (χ4v) is 3.52. The number of carbonyl (C=O) groups excluding carboxylic acids is 3. The van der Waals surface area contributed by atoms with Crippen molar-refractivity contribution in [3.05, 3.63) is 52.3 Å². The van der Waals surface area contributed by atoms with Crippen molar-refractivity contribution in [3.63, 3.8) is 0 Å². The van der Waals surface area contributed by atoms with Crippen molar-refractivity contribution >= 4 is 23.5 Å². The highest BCUT2D eigenvalue weighted by Gasteiger charge is 2.31. The predicted molar refractivity (Wildman–Crippen MR) is 104 cm³/mol. The summed E-state index contributed by atoms with van der Waals surface area (Å²) in [5.41, 5.74) is 3.40. The lowest BCUT2D eigenvalue weighted by Gasteiger charge is -2.21. The van der Waals surface area contributed by atoms with Crippen LogP contribution in [0.15, 0.2) is 24.3 Å². The number of fused-ring (bicyclic) bond motifs is 1. The molecule has 0 spiro atoms. The van der Waals surface area contributed by atoms with Crippen LogP contribution in [0.3, 0.4) is 0 Å². The number of aromatic amines is 1. The van der Waals surface area contributed by atoms with Gasteiger partial charge in [0.25, 0.3) is 5.91 Å². The molecule has 1 aromatic carbocycles. The van der Waals surface area contributed by atoms with Gasteiger partial charge in [-0.1, -0.05) is 18.2 Å². The Balaban J connectivity index is 1.74. The van der Waals surface area contributed by atoms with Gasteiger partial charge in [0.1, 0.15) is 5.69 Å². The van der Waals surface area contributed by atoms with Crippen LogP contribution in [0, 0.1) is 13.8 Å². The van der Waals surface area contributed by atoms with Gasteiger partial charge in [0.2, 0.25) is 0 Å². The largest absolute Gasteiger partial charge is 0.462 e. The Kier molecular flexibility index (Phi) is 5.53. The minimum atomic E-state index is -0.951. The monoisotopic (exact) mass is 384 g/mol. The minimum Gasteiger partial charge on any atom is -0.462 e. The van der Waals surface area contributed by atoms with Crippen molar-refractivity contribution in [2.24, 2.45) is 0 Å². The van der Waals surface area contributed by atoms with E-state index in [1.165, 1.54) is 0 Å². The van der Waals surface area contributed by atoms with Crippen LogP contribution in [-0.2, 0) is 20.7 Å². The number of hydrogen-bond acceptors (Lipinski definition) is 5. The molecule has 0 saturated heterocycles. The maximum atomic E-state index is 12.8. The Hall–Kier alpha value is -3.09. The first-order chi connectivity index (χ1) is 13.3. The number of anilines is 1. The van der Waals surface area contributed by atoms with Gasteiger partial charge in [-0.15, -0.1) is 0 Å². The Labute approximate surface area is 163 Å². The number of ether oxygens (including phenoxy) is 2. The highest BCUT2D eigenvalue weighted by atomic mass is 16.5. The van der Waals surface area contributed by atoms with Gasteiger partial charge in [0, 0.05) is 17.9 Å². The van der Waals surface area contributed by atoms with Crippen molar-refractivity contribution in [1.29, 1.82) is 0 Å². The molecule has 2 aromatic rings. The van der Waals surface area contributed by atoms with Crippen LogP contribution < -0.4 is 4.90 Å². The van der Waals surface area contributed by atoms with Gasteiger partial charge in [-0.2, -0.15) is 0 Å². The highest BCUT2D eigenvalue weighted by Crippen LogP contribution is 2.28. The van der Waals surface area contributed by atoms with E-state index in [1.54, 1.807) is 32.6 Å². The maximum Gasteiger partial charge on any atom is 0.355 e. The van der Waals surface area contributed by atoms with Crippen LogP contribution in [-0.4, -0.2) is 42.1 Å². The number of amides is 1. The molecule has 28 heavy (non-hydrogen) atoms. The lowest BCUT2D eigenvalue weighted by Crippen LogP contribution is -2.39. The summed E-state index contributed by atoms with van der Waals surface area (Å²) < 4.78 is 10.4. The van der Waals surface area contributed by atoms with E-state index in [4.69, 9.17) is 9.47 Å². The third kappa shape index (κ3) is 3.52. The number of benzene rings is 1. The quantitative estimate of drug-likeness (QED) is 0.801. The van der Waals surface area contributed by atoms with Crippen molar-refractivity contribution < 1.29 is 23.9 Å². The van der Waals surface area contributed by atoms with Gasteiger partial charge in [0.15, 0.2) is 6.10 Å². The summed E-state index contributed by atoms with van der Waals surface area (Å²) in [6.45, 7) is 7.41. The molecule has 1 amide bonds. The summed E-state index contributed by atoms with van der Waals surface area (Å²) in [5, 5.41) is 0. The van der Waals surface area contributed by atoms with E-state index in [9.17, 15) is 14.4 Å². The molecule has 3 rings (SSSR count). The fourth-order valence-electron chi connectivity index (χ4n) is 3.52. The molecule has 0 saturated carbocycles. The standard InChI is InChI=1S/C21H24N2O5/c1-5-27-20(25)17-12(2)18(22-13(17)3)21(26)28-14(4)19(24)23-11-10-15-8-6-7-9-16(15)23/h6-9,14,22H,5,10-11H2,1-4H3/t14-/m1/s1. The molecule has 1 aliphatic rings. The third-order valence-electron chi connectivity index (χ3n) is 4.91. The zero-order valence-electron chi connectivity index (χ0n) is 16.5. The zero-order chi connectivity index (χ0) is 20.4. The van der Waals surface area contributed by atoms with Crippen LogP contribution in [0.1, 0.15) is 51.5 Å². The fraction of sp³-hybridized carbons (Fsp3) is 0.381. The second-order valence-electron chi connectivity index (χ2n) is 6.76. The molecule has 0 aliphatic carbocycles. The SMILES string of the molecule is CCOC(=O)c1c(C)[nH]c(C(=O)O[C@H](C)C(=O)N2CCc3ccccc32)c1C. The van der Waals surface area contributed by atoms with Crippen LogP contribution in [0.4, 0.5) is 5.69 Å². The summed E-state index contributed by atoms with van der Waals surface area (Å²) in [4.78, 5) is 42.0. The smallest absolute Gasteiger partial charge is 0.355 e.